The van der Waals surface area contributed by atoms with Gasteiger partial charge >= 0.3 is 11.8 Å². The molecule has 2 heterocycles. The van der Waals surface area contributed by atoms with Gasteiger partial charge in [0.15, 0.2) is 0 Å². The first-order valence-corrected chi connectivity index (χ1v) is 7.60. The minimum Gasteiger partial charge on any atom is -0.328 e. The van der Waals surface area contributed by atoms with Crippen molar-refractivity contribution in [3.8, 4) is 0 Å². The topological polar surface area (TPSA) is 52.7 Å². The zero-order valence-electron chi connectivity index (χ0n) is 11.3. The second kappa shape index (κ2) is 5.73. The van der Waals surface area contributed by atoms with Gasteiger partial charge in [0.05, 0.1) is 10.5 Å². The molecule has 1 N–H and O–H groups in total. The molecule has 1 aromatic carbocycles. The Morgan fingerprint density at radius 2 is 2.14 bits per heavy atom. The van der Waals surface area contributed by atoms with Gasteiger partial charge in [-0.1, -0.05) is 6.07 Å². The van der Waals surface area contributed by atoms with Crippen molar-refractivity contribution in [3.63, 3.8) is 0 Å². The first kappa shape index (κ1) is 14.5. The van der Waals surface area contributed by atoms with Gasteiger partial charge < -0.3 is 15.1 Å². The molecular weight excluding hydrogens is 341 g/mol. The maximum Gasteiger partial charge on any atom is 0.312 e. The second-order valence-corrected chi connectivity index (χ2v) is 6.14. The van der Waals surface area contributed by atoms with Crippen molar-refractivity contribution in [2.75, 3.05) is 26.2 Å². The van der Waals surface area contributed by atoms with E-state index in [9.17, 15) is 14.0 Å². The summed E-state index contributed by atoms with van der Waals surface area (Å²) in [5.41, 5.74) is 0.793. The smallest absolute Gasteiger partial charge is 0.312 e. The summed E-state index contributed by atoms with van der Waals surface area (Å²) < 4.78 is 13.6. The summed E-state index contributed by atoms with van der Waals surface area (Å²) in [5.74, 6) is -1.26. The number of nitrogens with one attached hydrogen (secondary N) is 1. The molecule has 0 bridgehead atoms. The van der Waals surface area contributed by atoms with E-state index < -0.39 is 11.8 Å². The number of piperazine rings is 2. The van der Waals surface area contributed by atoms with Gasteiger partial charge in [-0.3, -0.25) is 9.59 Å². The Labute approximate surface area is 130 Å². The number of hydrogen-bond acceptors (Lipinski definition) is 3. The van der Waals surface area contributed by atoms with Crippen molar-refractivity contribution in [1.29, 1.82) is 0 Å². The molecule has 2 saturated heterocycles. The lowest BCUT2D eigenvalue weighted by Crippen LogP contribution is -2.65. The fourth-order valence-corrected chi connectivity index (χ4v) is 3.21. The lowest BCUT2D eigenvalue weighted by molar-refractivity contribution is -0.160. The lowest BCUT2D eigenvalue weighted by Gasteiger charge is -2.43. The van der Waals surface area contributed by atoms with Gasteiger partial charge in [0, 0.05) is 32.7 Å². The van der Waals surface area contributed by atoms with Gasteiger partial charge in [-0.15, -0.1) is 0 Å². The van der Waals surface area contributed by atoms with Crippen LogP contribution in [0.4, 0.5) is 4.39 Å². The van der Waals surface area contributed by atoms with Crippen LogP contribution in [0.2, 0.25) is 0 Å². The monoisotopic (exact) mass is 355 g/mol. The number of nitrogens with zero attached hydrogens (tertiary/aromatic N) is 2. The number of benzene rings is 1. The molecule has 0 aliphatic carbocycles. The summed E-state index contributed by atoms with van der Waals surface area (Å²) in [6, 6.07) is 4.64. The molecule has 0 aromatic heterocycles. The van der Waals surface area contributed by atoms with Gasteiger partial charge in [0.25, 0.3) is 0 Å². The van der Waals surface area contributed by atoms with Gasteiger partial charge in [0.2, 0.25) is 0 Å². The summed E-state index contributed by atoms with van der Waals surface area (Å²) >= 11 is 3.13. The molecule has 5 nitrogen and oxygen atoms in total. The largest absolute Gasteiger partial charge is 0.328 e. The van der Waals surface area contributed by atoms with Crippen LogP contribution >= 0.6 is 15.9 Å². The van der Waals surface area contributed by atoms with E-state index >= 15 is 0 Å². The first-order chi connectivity index (χ1) is 10.1. The summed E-state index contributed by atoms with van der Waals surface area (Å²) in [7, 11) is 0. The zero-order chi connectivity index (χ0) is 15.0. The molecule has 1 aromatic rings. The summed E-state index contributed by atoms with van der Waals surface area (Å²) in [5, 5.41) is 3.23. The Kier molecular flexibility index (Phi) is 3.95. The van der Waals surface area contributed by atoms with Crippen LogP contribution in [0.15, 0.2) is 22.7 Å². The van der Waals surface area contributed by atoms with E-state index in [2.05, 4.69) is 21.2 Å². The quantitative estimate of drug-likeness (QED) is 0.795. The van der Waals surface area contributed by atoms with E-state index in [-0.39, 0.29) is 11.9 Å². The third kappa shape index (κ3) is 2.80. The van der Waals surface area contributed by atoms with Crippen LogP contribution < -0.4 is 5.32 Å². The molecular formula is C14H15BrFN3O2. The average Bonchev–Trinajstić information content (AvgIpc) is 2.48. The van der Waals surface area contributed by atoms with Crippen LogP contribution in [-0.2, 0) is 16.1 Å². The molecule has 2 fully saturated rings. The van der Waals surface area contributed by atoms with Crippen LogP contribution in [0.5, 0.6) is 0 Å². The Hall–Kier alpha value is -1.47. The van der Waals surface area contributed by atoms with Crippen LogP contribution in [0.1, 0.15) is 5.56 Å². The number of fused-ring (bicyclic) bond motifs is 1. The average molecular weight is 356 g/mol. The maximum absolute atomic E-state index is 13.2. The predicted molar refractivity (Wildman–Crippen MR) is 77.9 cm³/mol. The number of amides is 2. The second-order valence-electron chi connectivity index (χ2n) is 5.29. The number of halogens is 2. The minimum atomic E-state index is -0.478. The third-order valence-corrected chi connectivity index (χ3v) is 4.48. The molecule has 2 amide bonds. The van der Waals surface area contributed by atoms with Crippen molar-refractivity contribution in [2.24, 2.45) is 0 Å². The van der Waals surface area contributed by atoms with Crippen molar-refractivity contribution < 1.29 is 14.0 Å². The van der Waals surface area contributed by atoms with E-state index in [1.54, 1.807) is 17.0 Å². The molecule has 0 radical (unpaired) electrons. The van der Waals surface area contributed by atoms with Crippen LogP contribution in [-0.4, -0.2) is 53.8 Å². The van der Waals surface area contributed by atoms with E-state index in [4.69, 9.17) is 0 Å². The number of rotatable bonds is 2. The van der Waals surface area contributed by atoms with Gasteiger partial charge in [-0.25, -0.2) is 4.39 Å². The molecule has 1 atom stereocenters. The van der Waals surface area contributed by atoms with Crippen molar-refractivity contribution in [1.82, 2.24) is 15.1 Å². The van der Waals surface area contributed by atoms with Gasteiger partial charge in [0.1, 0.15) is 5.82 Å². The normalized spacial score (nSPS) is 22.5. The van der Waals surface area contributed by atoms with Crippen LogP contribution in [0.25, 0.3) is 0 Å². The van der Waals surface area contributed by atoms with Crippen molar-refractivity contribution >= 4 is 27.7 Å². The number of hydrogen-bond donors (Lipinski definition) is 1. The Morgan fingerprint density at radius 1 is 1.33 bits per heavy atom. The maximum atomic E-state index is 13.2. The highest BCUT2D eigenvalue weighted by atomic mass is 79.9. The fourth-order valence-electron chi connectivity index (χ4n) is 2.78. The summed E-state index contributed by atoms with van der Waals surface area (Å²) in [4.78, 5) is 27.5. The SMILES string of the molecule is O=C1C(=O)N2CCNCC2CN1Cc1ccc(F)c(Br)c1. The first-order valence-electron chi connectivity index (χ1n) is 6.81. The Morgan fingerprint density at radius 3 is 2.90 bits per heavy atom. The summed E-state index contributed by atoms with van der Waals surface area (Å²) in [6.07, 6.45) is 0. The van der Waals surface area contributed by atoms with Gasteiger partial charge in [-0.05, 0) is 33.6 Å². The van der Waals surface area contributed by atoms with Crippen molar-refractivity contribution in [3.05, 3.63) is 34.1 Å². The molecule has 0 spiro atoms. The third-order valence-electron chi connectivity index (χ3n) is 3.87. The molecule has 7 heteroatoms. The molecule has 1 unspecified atom stereocenters. The molecule has 2 aliphatic heterocycles. The van der Waals surface area contributed by atoms with E-state index in [1.165, 1.54) is 11.0 Å². The van der Waals surface area contributed by atoms with Crippen LogP contribution in [0.3, 0.4) is 0 Å². The molecule has 3 rings (SSSR count). The van der Waals surface area contributed by atoms with Gasteiger partial charge in [-0.2, -0.15) is 0 Å². The highest BCUT2D eigenvalue weighted by Crippen LogP contribution is 2.20. The molecule has 112 valence electrons. The standard InChI is InChI=1S/C14H15BrFN3O2/c15-11-5-9(1-2-12(11)16)7-18-8-10-6-17-3-4-19(10)14(21)13(18)20/h1-2,5,10,17H,3-4,6-8H2. The lowest BCUT2D eigenvalue weighted by atomic mass is 10.1. The summed E-state index contributed by atoms with van der Waals surface area (Å²) in [6.45, 7) is 2.81. The highest BCUT2D eigenvalue weighted by Gasteiger charge is 2.39. The van der Waals surface area contributed by atoms with E-state index in [1.807, 2.05) is 0 Å². The molecule has 21 heavy (non-hydrogen) atoms. The Balaban J connectivity index is 1.77. The molecule has 0 saturated carbocycles. The zero-order valence-corrected chi connectivity index (χ0v) is 12.9. The highest BCUT2D eigenvalue weighted by molar-refractivity contribution is 9.10. The predicted octanol–water partition coefficient (Wildman–Crippen LogP) is 0.731. The Bertz CT molecular complexity index is 596. The minimum absolute atomic E-state index is 0.0211. The molecule has 2 aliphatic rings. The van der Waals surface area contributed by atoms with Crippen molar-refractivity contribution in [2.45, 2.75) is 12.6 Å². The number of carbonyl (C=O) groups is 2. The van der Waals surface area contributed by atoms with E-state index in [0.29, 0.717) is 30.7 Å². The fraction of sp³-hybridized carbons (Fsp3) is 0.429. The number of carbonyl (C=O) groups excluding carboxylic acids is 2. The van der Waals surface area contributed by atoms with E-state index in [0.717, 1.165) is 12.1 Å². The van der Waals surface area contributed by atoms with Crippen LogP contribution in [0, 0.1) is 5.82 Å².